The summed E-state index contributed by atoms with van der Waals surface area (Å²) in [4.78, 5) is 27.2. The molecule has 0 radical (unpaired) electrons. The van der Waals surface area contributed by atoms with Gasteiger partial charge in [-0.2, -0.15) is 5.26 Å². The number of rotatable bonds is 9. The molecule has 63 heavy (non-hydrogen) atoms. The number of nitrogens with zero attached hydrogens (tertiary/aromatic N) is 7. The largest absolute Gasteiger partial charge is 0.333 e. The van der Waals surface area contributed by atoms with Gasteiger partial charge in [0.2, 0.25) is 0 Å². The first-order chi connectivity index (χ1) is 31.1. The summed E-state index contributed by atoms with van der Waals surface area (Å²) in [6, 6.07) is 73.9. The molecule has 1 unspecified atom stereocenters. The highest BCUT2D eigenvalue weighted by Gasteiger charge is 2.29. The Morgan fingerprint density at radius 3 is 1.43 bits per heavy atom. The number of hydrogen-bond donors (Lipinski definition) is 0. The van der Waals surface area contributed by atoms with Crippen LogP contribution in [0, 0.1) is 11.3 Å². The molecule has 9 aromatic rings. The van der Waals surface area contributed by atoms with E-state index in [4.69, 9.17) is 24.9 Å². The molecule has 0 bridgehead atoms. The fourth-order valence-electron chi connectivity index (χ4n) is 8.06. The van der Waals surface area contributed by atoms with Crippen LogP contribution >= 0.6 is 0 Å². The molecule has 0 saturated heterocycles. The number of hydrogen-bond acceptors (Lipinski definition) is 7. The fourth-order valence-corrected chi connectivity index (χ4v) is 8.06. The molecule has 0 amide bonds. The molecule has 0 spiro atoms. The van der Waals surface area contributed by atoms with Crippen LogP contribution in [-0.4, -0.2) is 38.6 Å². The molecule has 10 rings (SSSR count). The minimum atomic E-state index is -0.393. The Morgan fingerprint density at radius 1 is 0.413 bits per heavy atom. The zero-order valence-corrected chi connectivity index (χ0v) is 34.4. The van der Waals surface area contributed by atoms with E-state index in [1.807, 2.05) is 147 Å². The molecule has 7 nitrogen and oxygen atoms in total. The van der Waals surface area contributed by atoms with Gasteiger partial charge in [-0.3, -0.25) is 0 Å². The number of benzene rings is 8. The lowest BCUT2D eigenvalue weighted by Gasteiger charge is -2.33. The van der Waals surface area contributed by atoms with Crippen molar-refractivity contribution in [1.29, 1.82) is 5.26 Å². The average Bonchev–Trinajstić information content (AvgIpc) is 3.37. The summed E-state index contributed by atoms with van der Waals surface area (Å²) in [6.07, 6.45) is -0.393. The smallest absolute Gasteiger partial charge is 0.164 e. The van der Waals surface area contributed by atoms with E-state index in [9.17, 15) is 5.26 Å². The fraction of sp³-hybridized carbons (Fsp3) is 0.0357. The molecule has 0 N–H and O–H groups in total. The van der Waals surface area contributed by atoms with Gasteiger partial charge in [-0.25, -0.2) is 24.9 Å². The molecule has 0 aliphatic carbocycles. The van der Waals surface area contributed by atoms with Crippen molar-refractivity contribution >= 4 is 11.7 Å². The molecule has 2 heterocycles. The highest BCUT2D eigenvalue weighted by atomic mass is 15.3. The van der Waals surface area contributed by atoms with E-state index in [0.717, 1.165) is 72.6 Å². The van der Waals surface area contributed by atoms with Gasteiger partial charge in [-0.15, -0.1) is 0 Å². The number of aliphatic imine (C=N–C) groups is 2. The number of amidine groups is 2. The van der Waals surface area contributed by atoms with Crippen LogP contribution in [0.25, 0.3) is 67.5 Å². The zero-order chi connectivity index (χ0) is 42.5. The van der Waals surface area contributed by atoms with Gasteiger partial charge in [-0.1, -0.05) is 194 Å². The first kappa shape index (κ1) is 38.6. The van der Waals surface area contributed by atoms with E-state index in [1.54, 1.807) is 0 Å². The maximum Gasteiger partial charge on any atom is 0.164 e. The van der Waals surface area contributed by atoms with Crippen LogP contribution in [0.15, 0.2) is 222 Å². The molecule has 298 valence electrons. The third kappa shape index (κ3) is 7.93. The number of nitriles is 1. The van der Waals surface area contributed by atoms with Gasteiger partial charge in [0.15, 0.2) is 29.5 Å². The van der Waals surface area contributed by atoms with Crippen molar-refractivity contribution in [3.05, 3.63) is 235 Å². The van der Waals surface area contributed by atoms with Crippen LogP contribution in [-0.2, 0) is 0 Å². The van der Waals surface area contributed by atoms with Gasteiger partial charge in [-0.05, 0) is 51.6 Å². The van der Waals surface area contributed by atoms with Crippen molar-refractivity contribution < 1.29 is 0 Å². The summed E-state index contributed by atoms with van der Waals surface area (Å²) < 4.78 is 0. The van der Waals surface area contributed by atoms with Crippen LogP contribution < -0.4 is 0 Å². The van der Waals surface area contributed by atoms with Crippen LogP contribution in [0.3, 0.4) is 0 Å². The molecule has 1 aliphatic heterocycles. The standard InChI is InChI=1S/C56H39N7/c1-63-55(41-24-12-5-13-25-41)61-53(40-22-10-4-11-23-40)62-56(63)50-31-15-14-30-49(50)48-33-32-45(36-47(48)37-57)43-27-16-26-42(34-43)44-28-17-29-46(35-44)54-59-51(38-18-6-2-7-19-38)58-52(60-54)39-20-8-3-9-21-39/h2-36,56H,1H3. The maximum atomic E-state index is 10.7. The second-order valence-electron chi connectivity index (χ2n) is 15.3. The lowest BCUT2D eigenvalue weighted by molar-refractivity contribution is 0.383. The highest BCUT2D eigenvalue weighted by molar-refractivity contribution is 6.13. The van der Waals surface area contributed by atoms with Crippen molar-refractivity contribution in [1.82, 2.24) is 19.9 Å². The summed E-state index contributed by atoms with van der Waals surface area (Å²) in [7, 11) is 2.03. The van der Waals surface area contributed by atoms with E-state index in [-0.39, 0.29) is 0 Å². The van der Waals surface area contributed by atoms with E-state index in [0.29, 0.717) is 28.9 Å². The van der Waals surface area contributed by atoms with Crippen LogP contribution in [0.5, 0.6) is 0 Å². The predicted octanol–water partition coefficient (Wildman–Crippen LogP) is 12.6. The second-order valence-corrected chi connectivity index (χ2v) is 15.3. The quantitative estimate of drug-likeness (QED) is 0.145. The van der Waals surface area contributed by atoms with Crippen molar-refractivity contribution in [2.45, 2.75) is 6.17 Å². The Labute approximate surface area is 366 Å². The van der Waals surface area contributed by atoms with Crippen LogP contribution in [0.2, 0.25) is 0 Å². The van der Waals surface area contributed by atoms with Gasteiger partial charge in [0, 0.05) is 40.4 Å². The van der Waals surface area contributed by atoms with Gasteiger partial charge in [0.05, 0.1) is 11.6 Å². The van der Waals surface area contributed by atoms with E-state index < -0.39 is 6.17 Å². The van der Waals surface area contributed by atoms with Crippen LogP contribution in [0.4, 0.5) is 0 Å². The van der Waals surface area contributed by atoms with Gasteiger partial charge >= 0.3 is 0 Å². The zero-order valence-electron chi connectivity index (χ0n) is 34.4. The van der Waals surface area contributed by atoms with Gasteiger partial charge in [0.25, 0.3) is 0 Å². The lowest BCUT2D eigenvalue weighted by atomic mass is 9.90. The molecular weight excluding hydrogens is 771 g/mol. The molecule has 0 fully saturated rings. The third-order valence-electron chi connectivity index (χ3n) is 11.2. The summed E-state index contributed by atoms with van der Waals surface area (Å²) in [5.74, 6) is 3.32. The molecular formula is C56H39N7. The summed E-state index contributed by atoms with van der Waals surface area (Å²) >= 11 is 0. The Bertz CT molecular complexity index is 3140. The Morgan fingerprint density at radius 2 is 0.857 bits per heavy atom. The Kier molecular flexibility index (Phi) is 10.5. The van der Waals surface area contributed by atoms with Crippen molar-refractivity contribution in [2.24, 2.45) is 9.98 Å². The molecule has 1 atom stereocenters. The molecule has 7 heteroatoms. The SMILES string of the molecule is CN1C(c2ccccc2)=NC(c2ccccc2)=NC1c1ccccc1-c1ccc(-c2cccc(-c3cccc(-c4nc(-c5ccccc5)nc(-c5ccccc5)n4)c3)c2)cc1C#N. The van der Waals surface area contributed by atoms with Gasteiger partial charge in [0.1, 0.15) is 5.84 Å². The normalized spacial score (nSPS) is 13.5. The monoisotopic (exact) mass is 809 g/mol. The predicted molar refractivity (Wildman–Crippen MR) is 254 cm³/mol. The van der Waals surface area contributed by atoms with Crippen LogP contribution in [0.1, 0.15) is 28.4 Å². The first-order valence-electron chi connectivity index (χ1n) is 20.8. The maximum absolute atomic E-state index is 10.7. The molecule has 8 aromatic carbocycles. The van der Waals surface area contributed by atoms with E-state index in [1.165, 1.54) is 0 Å². The molecule has 1 aliphatic rings. The van der Waals surface area contributed by atoms with Gasteiger partial charge < -0.3 is 4.90 Å². The van der Waals surface area contributed by atoms with E-state index >= 15 is 0 Å². The molecule has 1 aromatic heterocycles. The average molecular weight is 810 g/mol. The lowest BCUT2D eigenvalue weighted by Crippen LogP contribution is -2.35. The highest BCUT2D eigenvalue weighted by Crippen LogP contribution is 2.38. The van der Waals surface area contributed by atoms with Crippen molar-refractivity contribution in [2.75, 3.05) is 7.05 Å². The Hall–Kier alpha value is -8.60. The third-order valence-corrected chi connectivity index (χ3v) is 11.2. The minimum Gasteiger partial charge on any atom is -0.333 e. The van der Waals surface area contributed by atoms with Crippen molar-refractivity contribution in [3.63, 3.8) is 0 Å². The first-order valence-corrected chi connectivity index (χ1v) is 20.8. The Balaban J connectivity index is 0.993. The number of aromatic nitrogens is 3. The summed E-state index contributed by atoms with van der Waals surface area (Å²) in [5.41, 5.74) is 12.0. The summed E-state index contributed by atoms with van der Waals surface area (Å²) in [6.45, 7) is 0. The second kappa shape index (κ2) is 17.2. The topological polar surface area (TPSA) is 90.4 Å². The van der Waals surface area contributed by atoms with E-state index in [2.05, 4.69) is 83.8 Å². The van der Waals surface area contributed by atoms with Crippen molar-refractivity contribution in [3.8, 4) is 73.6 Å². The summed E-state index contributed by atoms with van der Waals surface area (Å²) in [5, 5.41) is 10.7. The minimum absolute atomic E-state index is 0.393. The molecule has 0 saturated carbocycles.